The smallest absolute Gasteiger partial charge is 0.254 e. The normalized spacial score (nSPS) is 23.3. The van der Waals surface area contributed by atoms with E-state index in [0.717, 1.165) is 18.5 Å². The second-order valence-corrected chi connectivity index (χ2v) is 12.4. The standard InChI is InChI=1S/C33H42FN3O3/c34-29-22-25(31(38)36-17-19-37(20-18-36)32(39)33(40)14-15-33)9-11-27(29)24-10-12-30-28(21-24)26(13-16-35-30)23-7-5-3-1-2-4-6-8-23/h9-12,21-23,26,35,40H,1-8,13-20H2. The fourth-order valence-electron chi connectivity index (χ4n) is 7.08. The molecule has 1 atom stereocenters. The maximum atomic E-state index is 15.5. The predicted molar refractivity (Wildman–Crippen MR) is 155 cm³/mol. The molecule has 2 N–H and O–H groups in total. The van der Waals surface area contributed by atoms with Gasteiger partial charge in [-0.3, -0.25) is 9.59 Å². The van der Waals surface area contributed by atoms with Crippen LogP contribution < -0.4 is 5.32 Å². The summed E-state index contributed by atoms with van der Waals surface area (Å²) < 4.78 is 15.5. The van der Waals surface area contributed by atoms with Gasteiger partial charge >= 0.3 is 0 Å². The molecule has 7 heteroatoms. The van der Waals surface area contributed by atoms with Crippen LogP contribution in [0.15, 0.2) is 36.4 Å². The van der Waals surface area contributed by atoms with E-state index in [-0.39, 0.29) is 11.8 Å². The monoisotopic (exact) mass is 547 g/mol. The van der Waals surface area contributed by atoms with E-state index in [1.807, 2.05) is 6.07 Å². The van der Waals surface area contributed by atoms with Crippen molar-refractivity contribution in [1.29, 1.82) is 0 Å². The van der Waals surface area contributed by atoms with E-state index >= 15 is 4.39 Å². The number of halogens is 1. The van der Waals surface area contributed by atoms with Crippen molar-refractivity contribution in [1.82, 2.24) is 9.80 Å². The van der Waals surface area contributed by atoms with E-state index in [4.69, 9.17) is 0 Å². The highest BCUT2D eigenvalue weighted by Crippen LogP contribution is 2.43. The minimum absolute atomic E-state index is 0.224. The van der Waals surface area contributed by atoms with Crippen LogP contribution in [0.4, 0.5) is 10.1 Å². The third-order valence-corrected chi connectivity index (χ3v) is 9.69. The third-order valence-electron chi connectivity index (χ3n) is 9.69. The molecule has 1 saturated heterocycles. The van der Waals surface area contributed by atoms with Gasteiger partial charge in [-0.2, -0.15) is 0 Å². The number of rotatable bonds is 4. The first kappa shape index (κ1) is 27.3. The van der Waals surface area contributed by atoms with Gasteiger partial charge in [0.2, 0.25) is 0 Å². The molecule has 2 aliphatic heterocycles. The highest BCUT2D eigenvalue weighted by Gasteiger charge is 2.50. The number of benzene rings is 2. The molecule has 2 aromatic rings. The molecule has 0 radical (unpaired) electrons. The van der Waals surface area contributed by atoms with Crippen molar-refractivity contribution in [2.45, 2.75) is 82.1 Å². The Balaban J connectivity index is 1.16. The summed E-state index contributed by atoms with van der Waals surface area (Å²) in [5, 5.41) is 13.7. The zero-order valence-electron chi connectivity index (χ0n) is 23.5. The molecule has 0 bridgehead atoms. The lowest BCUT2D eigenvalue weighted by atomic mass is 9.76. The molecular formula is C33H42FN3O3. The number of nitrogens with zero attached hydrogens (tertiary/aromatic N) is 2. The fourth-order valence-corrected chi connectivity index (χ4v) is 7.08. The number of piperazine rings is 1. The van der Waals surface area contributed by atoms with Crippen LogP contribution in [-0.2, 0) is 4.79 Å². The van der Waals surface area contributed by atoms with Gasteiger partial charge in [-0.1, -0.05) is 50.7 Å². The van der Waals surface area contributed by atoms with Crippen molar-refractivity contribution >= 4 is 17.5 Å². The first-order valence-corrected chi connectivity index (χ1v) is 15.4. The zero-order valence-corrected chi connectivity index (χ0v) is 23.5. The van der Waals surface area contributed by atoms with Crippen molar-refractivity contribution in [2.75, 3.05) is 38.0 Å². The van der Waals surface area contributed by atoms with Gasteiger partial charge in [-0.25, -0.2) is 4.39 Å². The minimum atomic E-state index is -1.19. The van der Waals surface area contributed by atoms with Crippen molar-refractivity contribution in [2.24, 2.45) is 5.92 Å². The lowest BCUT2D eigenvalue weighted by Crippen LogP contribution is -2.53. The summed E-state index contributed by atoms with van der Waals surface area (Å²) in [5.74, 6) is 0.338. The quantitative estimate of drug-likeness (QED) is 0.496. The van der Waals surface area contributed by atoms with E-state index in [1.165, 1.54) is 68.7 Å². The zero-order chi connectivity index (χ0) is 27.7. The fraction of sp³-hybridized carbons (Fsp3) is 0.576. The molecule has 40 heavy (non-hydrogen) atoms. The van der Waals surface area contributed by atoms with Crippen molar-refractivity contribution in [3.8, 4) is 11.1 Å². The molecule has 2 amide bonds. The van der Waals surface area contributed by atoms with E-state index in [0.29, 0.717) is 62.0 Å². The minimum Gasteiger partial charge on any atom is -0.385 e. The molecule has 2 aliphatic carbocycles. The number of amides is 2. The summed E-state index contributed by atoms with van der Waals surface area (Å²) in [5.41, 5.74) is 3.01. The highest BCUT2D eigenvalue weighted by molar-refractivity contribution is 5.95. The number of hydrogen-bond acceptors (Lipinski definition) is 4. The van der Waals surface area contributed by atoms with Gasteiger partial charge < -0.3 is 20.2 Å². The first-order valence-electron chi connectivity index (χ1n) is 15.4. The Morgan fingerprint density at radius 2 is 1.52 bits per heavy atom. The van der Waals surface area contributed by atoms with Crippen LogP contribution in [0.2, 0.25) is 0 Å². The molecule has 2 aromatic carbocycles. The molecule has 2 saturated carbocycles. The molecule has 2 heterocycles. The Kier molecular flexibility index (Phi) is 7.84. The van der Waals surface area contributed by atoms with Gasteiger partial charge in [0.05, 0.1) is 0 Å². The van der Waals surface area contributed by atoms with E-state index in [1.54, 1.807) is 21.9 Å². The molecule has 0 spiro atoms. The Labute approximate surface area is 236 Å². The van der Waals surface area contributed by atoms with Crippen LogP contribution in [0, 0.1) is 11.7 Å². The molecular weight excluding hydrogens is 505 g/mol. The molecule has 4 aliphatic rings. The summed E-state index contributed by atoms with van der Waals surface area (Å²) in [7, 11) is 0. The summed E-state index contributed by atoms with van der Waals surface area (Å²) in [4.78, 5) is 28.9. The first-order chi connectivity index (χ1) is 19.4. The second kappa shape index (κ2) is 11.5. The Hall–Kier alpha value is -2.93. The van der Waals surface area contributed by atoms with Crippen LogP contribution >= 0.6 is 0 Å². The SMILES string of the molecule is O=C(c1ccc(-c2ccc3c(c2)C(C2CCCCCCCC2)CCN3)c(F)c1)N1CCN(C(=O)C2(O)CC2)CC1. The van der Waals surface area contributed by atoms with E-state index in [2.05, 4.69) is 17.4 Å². The molecule has 214 valence electrons. The molecule has 6 nitrogen and oxygen atoms in total. The molecule has 3 fully saturated rings. The van der Waals surface area contributed by atoms with E-state index in [9.17, 15) is 14.7 Å². The van der Waals surface area contributed by atoms with Crippen molar-refractivity contribution in [3.05, 3.63) is 53.3 Å². The molecule has 6 rings (SSSR count). The van der Waals surface area contributed by atoms with Crippen LogP contribution in [0.5, 0.6) is 0 Å². The van der Waals surface area contributed by atoms with E-state index < -0.39 is 11.4 Å². The van der Waals surface area contributed by atoms with Crippen molar-refractivity contribution < 1.29 is 19.1 Å². The summed E-state index contributed by atoms with van der Waals surface area (Å²) >= 11 is 0. The van der Waals surface area contributed by atoms with Gasteiger partial charge in [-0.15, -0.1) is 0 Å². The Morgan fingerprint density at radius 1 is 0.850 bits per heavy atom. The van der Waals surface area contributed by atoms with Crippen molar-refractivity contribution in [3.63, 3.8) is 0 Å². The number of carbonyl (C=O) groups excluding carboxylic acids is 2. The Morgan fingerprint density at radius 3 is 2.20 bits per heavy atom. The maximum absolute atomic E-state index is 15.5. The lowest BCUT2D eigenvalue weighted by molar-refractivity contribution is -0.143. The summed E-state index contributed by atoms with van der Waals surface area (Å²) in [6.07, 6.45) is 12.7. The molecule has 1 unspecified atom stereocenters. The molecule has 0 aromatic heterocycles. The predicted octanol–water partition coefficient (Wildman–Crippen LogP) is 5.95. The van der Waals surface area contributed by atoms with Gasteiger partial charge in [0.25, 0.3) is 11.8 Å². The van der Waals surface area contributed by atoms with Crippen LogP contribution in [0.3, 0.4) is 0 Å². The van der Waals surface area contributed by atoms with Crippen LogP contribution in [0.25, 0.3) is 11.1 Å². The Bertz CT molecular complexity index is 1240. The largest absolute Gasteiger partial charge is 0.385 e. The van der Waals surface area contributed by atoms with Gasteiger partial charge in [0.1, 0.15) is 11.4 Å². The number of anilines is 1. The van der Waals surface area contributed by atoms with Crippen LogP contribution in [-0.4, -0.2) is 65.0 Å². The number of nitrogens with one attached hydrogen (secondary N) is 1. The lowest BCUT2D eigenvalue weighted by Gasteiger charge is -2.35. The number of fused-ring (bicyclic) bond motifs is 1. The topological polar surface area (TPSA) is 72.9 Å². The summed E-state index contributed by atoms with van der Waals surface area (Å²) in [6.45, 7) is 2.52. The van der Waals surface area contributed by atoms with Gasteiger partial charge in [0, 0.05) is 49.5 Å². The summed E-state index contributed by atoms with van der Waals surface area (Å²) in [6, 6.07) is 11.1. The average Bonchev–Trinajstić information content (AvgIpc) is 3.71. The van der Waals surface area contributed by atoms with Gasteiger partial charge in [-0.05, 0) is 79.3 Å². The van der Waals surface area contributed by atoms with Crippen LogP contribution in [0.1, 0.15) is 92.5 Å². The maximum Gasteiger partial charge on any atom is 0.254 e. The number of aliphatic hydroxyl groups is 1. The van der Waals surface area contributed by atoms with Gasteiger partial charge in [0.15, 0.2) is 0 Å². The highest BCUT2D eigenvalue weighted by atomic mass is 19.1. The third kappa shape index (κ3) is 5.63. The average molecular weight is 548 g/mol. The second-order valence-electron chi connectivity index (χ2n) is 12.4. The number of hydrogen-bond donors (Lipinski definition) is 2. The number of carbonyl (C=O) groups is 2.